The third-order valence-corrected chi connectivity index (χ3v) is 4.23. The van der Waals surface area contributed by atoms with E-state index in [1.807, 2.05) is 0 Å². The Morgan fingerprint density at radius 3 is 2.33 bits per heavy atom. The molecule has 0 N–H and O–H groups in total. The Kier molecular flexibility index (Phi) is 3.83. The first-order chi connectivity index (χ1) is 11.2. The zero-order chi connectivity index (χ0) is 17.6. The van der Waals surface area contributed by atoms with E-state index in [2.05, 4.69) is 21.0 Å². The molecule has 5 nitrogen and oxygen atoms in total. The van der Waals surface area contributed by atoms with E-state index >= 15 is 0 Å². The first-order valence-electron chi connectivity index (χ1n) is 6.70. The van der Waals surface area contributed by atoms with Crippen molar-refractivity contribution in [2.75, 3.05) is 0 Å². The number of halogens is 4. The van der Waals surface area contributed by atoms with Crippen molar-refractivity contribution in [3.05, 3.63) is 62.2 Å². The molecule has 2 aromatic carbocycles. The van der Waals surface area contributed by atoms with Crippen molar-refractivity contribution < 1.29 is 18.1 Å². The van der Waals surface area contributed by atoms with Gasteiger partial charge in [-0.1, -0.05) is 0 Å². The number of fused-ring (bicyclic) bond motifs is 1. The van der Waals surface area contributed by atoms with E-state index in [1.54, 1.807) is 6.92 Å². The van der Waals surface area contributed by atoms with Crippen molar-refractivity contribution in [1.82, 2.24) is 9.78 Å². The van der Waals surface area contributed by atoms with Gasteiger partial charge in [0.25, 0.3) is 5.69 Å². The number of hydrogen-bond donors (Lipinski definition) is 0. The molecule has 0 fully saturated rings. The number of alkyl halides is 3. The molecule has 0 bridgehead atoms. The van der Waals surface area contributed by atoms with E-state index in [4.69, 9.17) is 0 Å². The molecular formula is C15H9BrF3N3O2. The van der Waals surface area contributed by atoms with Crippen LogP contribution in [0.1, 0.15) is 11.1 Å². The molecule has 9 heteroatoms. The molecule has 0 saturated heterocycles. The molecule has 124 valence electrons. The summed E-state index contributed by atoms with van der Waals surface area (Å²) in [5.41, 5.74) is 0.614. The second kappa shape index (κ2) is 5.59. The van der Waals surface area contributed by atoms with Gasteiger partial charge in [0.05, 0.1) is 21.7 Å². The highest BCUT2D eigenvalue weighted by Crippen LogP contribution is 2.34. The summed E-state index contributed by atoms with van der Waals surface area (Å²) >= 11 is 3.26. The maximum Gasteiger partial charge on any atom is 0.416 e. The van der Waals surface area contributed by atoms with Crippen LogP contribution in [-0.4, -0.2) is 14.7 Å². The maximum atomic E-state index is 12.7. The lowest BCUT2D eigenvalue weighted by Crippen LogP contribution is -2.05. The lowest BCUT2D eigenvalue weighted by Gasteiger charge is -2.08. The Hall–Kier alpha value is -2.42. The molecule has 3 aromatic rings. The summed E-state index contributed by atoms with van der Waals surface area (Å²) < 4.78 is 39.8. The number of rotatable bonds is 2. The van der Waals surface area contributed by atoms with Crippen molar-refractivity contribution in [2.24, 2.45) is 0 Å². The van der Waals surface area contributed by atoms with Gasteiger partial charge < -0.3 is 0 Å². The van der Waals surface area contributed by atoms with Crippen LogP contribution in [0, 0.1) is 17.0 Å². The normalized spacial score (nSPS) is 11.9. The predicted octanol–water partition coefficient (Wildman–Crippen LogP) is 5.02. The van der Waals surface area contributed by atoms with Crippen LogP contribution in [0.3, 0.4) is 0 Å². The van der Waals surface area contributed by atoms with E-state index in [1.165, 1.54) is 28.9 Å². The predicted molar refractivity (Wildman–Crippen MR) is 85.2 cm³/mol. The minimum Gasteiger partial charge on any atom is -0.258 e. The van der Waals surface area contributed by atoms with Gasteiger partial charge in [0, 0.05) is 17.0 Å². The molecule has 0 saturated carbocycles. The number of nitro groups is 1. The quantitative estimate of drug-likeness (QED) is 0.448. The summed E-state index contributed by atoms with van der Waals surface area (Å²) in [6.45, 7) is 1.60. The average Bonchev–Trinajstić information content (AvgIpc) is 2.84. The highest BCUT2D eigenvalue weighted by molar-refractivity contribution is 9.10. The number of aromatic nitrogens is 2. The highest BCUT2D eigenvalue weighted by atomic mass is 79.9. The fourth-order valence-electron chi connectivity index (χ4n) is 2.50. The third kappa shape index (κ3) is 2.64. The van der Waals surface area contributed by atoms with E-state index < -0.39 is 16.7 Å². The SMILES string of the molecule is Cc1c([N+](=O)[O-])ccc2c1c(Br)nn2-c1ccc(C(F)(F)F)cc1. The summed E-state index contributed by atoms with van der Waals surface area (Å²) in [4.78, 5) is 10.6. The number of nitrogens with zero attached hydrogens (tertiary/aromatic N) is 3. The van der Waals surface area contributed by atoms with Crippen molar-refractivity contribution in [3.63, 3.8) is 0 Å². The summed E-state index contributed by atoms with van der Waals surface area (Å²) in [6, 6.07) is 7.42. The van der Waals surface area contributed by atoms with E-state index in [-0.39, 0.29) is 5.69 Å². The van der Waals surface area contributed by atoms with Gasteiger partial charge in [-0.2, -0.15) is 18.3 Å². The largest absolute Gasteiger partial charge is 0.416 e. The van der Waals surface area contributed by atoms with Gasteiger partial charge in [0.1, 0.15) is 4.60 Å². The Morgan fingerprint density at radius 2 is 1.79 bits per heavy atom. The Bertz CT molecular complexity index is 949. The van der Waals surface area contributed by atoms with Gasteiger partial charge in [0.15, 0.2) is 0 Å². The van der Waals surface area contributed by atoms with Crippen LogP contribution < -0.4 is 0 Å². The summed E-state index contributed by atoms with van der Waals surface area (Å²) in [7, 11) is 0. The van der Waals surface area contributed by atoms with Crippen molar-refractivity contribution in [2.45, 2.75) is 13.1 Å². The van der Waals surface area contributed by atoms with Crippen LogP contribution in [-0.2, 0) is 6.18 Å². The van der Waals surface area contributed by atoms with Gasteiger partial charge >= 0.3 is 6.18 Å². The van der Waals surface area contributed by atoms with Gasteiger partial charge in [-0.15, -0.1) is 0 Å². The van der Waals surface area contributed by atoms with Gasteiger partial charge in [-0.05, 0) is 53.2 Å². The zero-order valence-electron chi connectivity index (χ0n) is 12.1. The summed E-state index contributed by atoms with van der Waals surface area (Å²) in [5, 5.41) is 15.8. The molecule has 0 aliphatic heterocycles. The monoisotopic (exact) mass is 399 g/mol. The lowest BCUT2D eigenvalue weighted by molar-refractivity contribution is -0.385. The first kappa shape index (κ1) is 16.4. The standard InChI is InChI=1S/C15H9BrF3N3O2/c1-8-11(22(23)24)6-7-12-13(8)14(16)20-21(12)10-4-2-9(3-5-10)15(17,18)19/h2-7H,1H3. The van der Waals surface area contributed by atoms with Crippen LogP contribution in [0.15, 0.2) is 41.0 Å². The third-order valence-electron chi connectivity index (χ3n) is 3.67. The highest BCUT2D eigenvalue weighted by Gasteiger charge is 2.30. The molecule has 0 amide bonds. The van der Waals surface area contributed by atoms with Crippen molar-refractivity contribution in [1.29, 1.82) is 0 Å². The molecule has 1 aromatic heterocycles. The molecular weight excluding hydrogens is 391 g/mol. The van der Waals surface area contributed by atoms with E-state index in [0.717, 1.165) is 12.1 Å². The Morgan fingerprint density at radius 1 is 1.17 bits per heavy atom. The molecule has 1 heterocycles. The van der Waals surface area contributed by atoms with Crippen LogP contribution in [0.25, 0.3) is 16.6 Å². The summed E-state index contributed by atoms with van der Waals surface area (Å²) in [6.07, 6.45) is -4.41. The van der Waals surface area contributed by atoms with E-state index in [0.29, 0.717) is 26.8 Å². The molecule has 0 spiro atoms. The molecule has 0 aliphatic carbocycles. The molecule has 0 atom stereocenters. The van der Waals surface area contributed by atoms with Gasteiger partial charge in [-0.25, -0.2) is 4.68 Å². The van der Waals surface area contributed by atoms with E-state index in [9.17, 15) is 23.3 Å². The number of hydrogen-bond acceptors (Lipinski definition) is 3. The zero-order valence-corrected chi connectivity index (χ0v) is 13.7. The number of nitro benzene ring substituents is 1. The Balaban J connectivity index is 2.18. The molecule has 3 rings (SSSR count). The van der Waals surface area contributed by atoms with Gasteiger partial charge in [0.2, 0.25) is 0 Å². The molecule has 0 radical (unpaired) electrons. The molecule has 24 heavy (non-hydrogen) atoms. The summed E-state index contributed by atoms with van der Waals surface area (Å²) in [5.74, 6) is 0. The molecule has 0 aliphatic rings. The number of benzene rings is 2. The van der Waals surface area contributed by atoms with Crippen LogP contribution in [0.5, 0.6) is 0 Å². The average molecular weight is 400 g/mol. The minimum absolute atomic E-state index is 0.0461. The van der Waals surface area contributed by atoms with Crippen molar-refractivity contribution in [3.8, 4) is 5.69 Å². The van der Waals surface area contributed by atoms with Crippen LogP contribution in [0.2, 0.25) is 0 Å². The smallest absolute Gasteiger partial charge is 0.258 e. The minimum atomic E-state index is -4.41. The van der Waals surface area contributed by atoms with Crippen LogP contribution in [0.4, 0.5) is 18.9 Å². The first-order valence-corrected chi connectivity index (χ1v) is 7.49. The van der Waals surface area contributed by atoms with Crippen molar-refractivity contribution >= 4 is 32.5 Å². The second-order valence-corrected chi connectivity index (χ2v) is 5.86. The fourth-order valence-corrected chi connectivity index (χ4v) is 3.16. The number of aryl methyl sites for hydroxylation is 1. The lowest BCUT2D eigenvalue weighted by atomic mass is 10.1. The van der Waals surface area contributed by atoms with Crippen LogP contribution >= 0.6 is 15.9 Å². The Labute approximate surface area is 142 Å². The van der Waals surface area contributed by atoms with Gasteiger partial charge in [-0.3, -0.25) is 10.1 Å². The molecule has 0 unspecified atom stereocenters. The fraction of sp³-hybridized carbons (Fsp3) is 0.133. The second-order valence-electron chi connectivity index (χ2n) is 5.11. The maximum absolute atomic E-state index is 12.7. The topological polar surface area (TPSA) is 61.0 Å².